The highest BCUT2D eigenvalue weighted by Crippen LogP contribution is 2.37. The Morgan fingerprint density at radius 2 is 1.86 bits per heavy atom. The fourth-order valence-electron chi connectivity index (χ4n) is 1.67. The van der Waals surface area contributed by atoms with Crippen LogP contribution < -0.4 is 9.47 Å². The summed E-state index contributed by atoms with van der Waals surface area (Å²) in [4.78, 5) is 1.25. The highest BCUT2D eigenvalue weighted by Gasteiger charge is 2.10. The molecule has 0 amide bonds. The topological polar surface area (TPSA) is 18.5 Å². The fourth-order valence-corrected chi connectivity index (χ4v) is 3.06. The summed E-state index contributed by atoms with van der Waals surface area (Å²) in [6.07, 6.45) is 2.33. The van der Waals surface area contributed by atoms with Crippen LogP contribution >= 0.6 is 57.7 Å². The van der Waals surface area contributed by atoms with Crippen LogP contribution in [0.1, 0.15) is 4.88 Å². The molecule has 1 aromatic heterocycles. The molecule has 1 aromatic carbocycles. The molecular formula is C15H12Cl4O2S. The number of rotatable bonds is 7. The minimum Gasteiger partial charge on any atom is -0.490 e. The summed E-state index contributed by atoms with van der Waals surface area (Å²) in [6, 6.07) is 7.35. The van der Waals surface area contributed by atoms with E-state index in [0.29, 0.717) is 28.2 Å². The lowest BCUT2D eigenvalue weighted by Crippen LogP contribution is -2.02. The van der Waals surface area contributed by atoms with Gasteiger partial charge in [0.05, 0.1) is 16.7 Å². The molecule has 0 fully saturated rings. The van der Waals surface area contributed by atoms with E-state index in [0.717, 1.165) is 6.42 Å². The van der Waals surface area contributed by atoms with E-state index in [1.165, 1.54) is 11.0 Å². The maximum Gasteiger partial charge on any atom is 0.156 e. The Bertz CT molecular complexity index is 614. The summed E-state index contributed by atoms with van der Waals surface area (Å²) >= 11 is 25.1. The second kappa shape index (κ2) is 8.90. The van der Waals surface area contributed by atoms with Gasteiger partial charge in [-0.15, -0.1) is 11.3 Å². The molecule has 0 spiro atoms. The minimum absolute atomic E-state index is 0.144. The van der Waals surface area contributed by atoms with Crippen LogP contribution in [0.4, 0.5) is 0 Å². The smallest absolute Gasteiger partial charge is 0.156 e. The van der Waals surface area contributed by atoms with E-state index in [2.05, 4.69) is 6.07 Å². The fraction of sp³-hybridized carbons (Fsp3) is 0.200. The molecule has 0 saturated carbocycles. The molecule has 0 saturated heterocycles. The maximum atomic E-state index is 6.18. The molecule has 118 valence electrons. The molecule has 0 bridgehead atoms. The standard InChI is InChI=1S/C15H12Cl4O2S/c16-12-8-10(20-6-4-14(18)19)9-13(17)15(12)21-5-3-11-2-1-7-22-11/h1-2,4,7-9H,3,5-6H2. The number of halogens is 4. The van der Waals surface area contributed by atoms with Crippen LogP contribution in [0.25, 0.3) is 0 Å². The Labute approximate surface area is 153 Å². The average Bonchev–Trinajstić information content (AvgIpc) is 2.94. The summed E-state index contributed by atoms with van der Waals surface area (Å²) in [5.41, 5.74) is 0. The van der Waals surface area contributed by atoms with Gasteiger partial charge in [-0.2, -0.15) is 0 Å². The third kappa shape index (κ3) is 5.56. The predicted molar refractivity (Wildman–Crippen MR) is 95.3 cm³/mol. The summed E-state index contributed by atoms with van der Waals surface area (Å²) in [5.74, 6) is 0.976. The van der Waals surface area contributed by atoms with Gasteiger partial charge in [-0.25, -0.2) is 0 Å². The van der Waals surface area contributed by atoms with Crippen molar-refractivity contribution in [1.29, 1.82) is 0 Å². The highest BCUT2D eigenvalue weighted by atomic mass is 35.5. The third-order valence-corrected chi connectivity index (χ3v) is 4.44. The van der Waals surface area contributed by atoms with Gasteiger partial charge in [-0.3, -0.25) is 0 Å². The van der Waals surface area contributed by atoms with Crippen molar-refractivity contribution in [1.82, 2.24) is 0 Å². The summed E-state index contributed by atoms with van der Waals surface area (Å²) in [6.45, 7) is 0.734. The monoisotopic (exact) mass is 396 g/mol. The van der Waals surface area contributed by atoms with E-state index < -0.39 is 0 Å². The maximum absolute atomic E-state index is 6.18. The van der Waals surface area contributed by atoms with Crippen molar-refractivity contribution in [2.24, 2.45) is 0 Å². The molecule has 7 heteroatoms. The molecule has 0 aliphatic rings. The number of ether oxygens (including phenoxy) is 2. The molecule has 22 heavy (non-hydrogen) atoms. The van der Waals surface area contributed by atoms with Gasteiger partial charge in [0.1, 0.15) is 16.8 Å². The molecule has 0 radical (unpaired) electrons. The first-order chi connectivity index (χ1) is 10.6. The molecular weight excluding hydrogens is 386 g/mol. The van der Waals surface area contributed by atoms with Crippen molar-refractivity contribution < 1.29 is 9.47 Å². The van der Waals surface area contributed by atoms with Crippen molar-refractivity contribution >= 4 is 57.7 Å². The molecule has 0 aliphatic heterocycles. The van der Waals surface area contributed by atoms with Gasteiger partial charge in [0, 0.05) is 23.4 Å². The average molecular weight is 398 g/mol. The van der Waals surface area contributed by atoms with Crippen LogP contribution in [0.15, 0.2) is 40.2 Å². The Morgan fingerprint density at radius 3 is 2.45 bits per heavy atom. The van der Waals surface area contributed by atoms with Crippen molar-refractivity contribution in [2.75, 3.05) is 13.2 Å². The van der Waals surface area contributed by atoms with Crippen LogP contribution in [-0.4, -0.2) is 13.2 Å². The molecule has 0 N–H and O–H groups in total. The van der Waals surface area contributed by atoms with Crippen LogP contribution in [0.5, 0.6) is 11.5 Å². The highest BCUT2D eigenvalue weighted by molar-refractivity contribution is 7.09. The molecule has 2 rings (SSSR count). The summed E-state index contributed by atoms with van der Waals surface area (Å²) in [7, 11) is 0. The van der Waals surface area contributed by atoms with Crippen LogP contribution in [0, 0.1) is 0 Å². The van der Waals surface area contributed by atoms with Gasteiger partial charge in [0.15, 0.2) is 5.75 Å². The molecule has 0 unspecified atom stereocenters. The van der Waals surface area contributed by atoms with Crippen molar-refractivity contribution in [3.05, 3.63) is 55.1 Å². The van der Waals surface area contributed by atoms with Gasteiger partial charge in [0.2, 0.25) is 0 Å². The lowest BCUT2D eigenvalue weighted by molar-refractivity contribution is 0.321. The van der Waals surface area contributed by atoms with Gasteiger partial charge in [0.25, 0.3) is 0 Å². The first-order valence-corrected chi connectivity index (χ1v) is 8.73. The SMILES string of the molecule is ClC(Cl)=CCOc1cc(Cl)c(OCCc2cccs2)c(Cl)c1. The van der Waals surface area contributed by atoms with Crippen molar-refractivity contribution in [2.45, 2.75) is 6.42 Å². The zero-order chi connectivity index (χ0) is 15.9. The van der Waals surface area contributed by atoms with E-state index in [9.17, 15) is 0 Å². The molecule has 1 heterocycles. The van der Waals surface area contributed by atoms with E-state index in [1.54, 1.807) is 23.5 Å². The number of hydrogen-bond donors (Lipinski definition) is 0. The Balaban J connectivity index is 1.95. The van der Waals surface area contributed by atoms with E-state index >= 15 is 0 Å². The summed E-state index contributed by atoms with van der Waals surface area (Å²) in [5, 5.41) is 2.83. The molecule has 0 aliphatic carbocycles. The normalized spacial score (nSPS) is 10.4. The summed E-state index contributed by atoms with van der Waals surface area (Å²) < 4.78 is 11.2. The molecule has 2 aromatic rings. The van der Waals surface area contributed by atoms with E-state index in [4.69, 9.17) is 55.9 Å². The van der Waals surface area contributed by atoms with Crippen LogP contribution in [0.2, 0.25) is 10.0 Å². The zero-order valence-corrected chi connectivity index (χ0v) is 15.2. The Morgan fingerprint density at radius 1 is 1.14 bits per heavy atom. The van der Waals surface area contributed by atoms with E-state index in [1.807, 2.05) is 11.4 Å². The predicted octanol–water partition coefficient (Wildman–Crippen LogP) is 6.37. The van der Waals surface area contributed by atoms with Crippen molar-refractivity contribution in [3.63, 3.8) is 0 Å². The van der Waals surface area contributed by atoms with Crippen LogP contribution in [0.3, 0.4) is 0 Å². The first kappa shape index (κ1) is 17.8. The van der Waals surface area contributed by atoms with Gasteiger partial charge < -0.3 is 9.47 Å². The first-order valence-electron chi connectivity index (χ1n) is 6.34. The quantitative estimate of drug-likeness (QED) is 0.539. The van der Waals surface area contributed by atoms with Crippen LogP contribution in [-0.2, 0) is 6.42 Å². The molecule has 0 atom stereocenters. The number of thiophene rings is 1. The minimum atomic E-state index is 0.144. The second-order valence-corrected chi connectivity index (χ2v) is 7.05. The van der Waals surface area contributed by atoms with Gasteiger partial charge >= 0.3 is 0 Å². The Hall–Kier alpha value is -0.580. The van der Waals surface area contributed by atoms with Crippen molar-refractivity contribution in [3.8, 4) is 11.5 Å². The lowest BCUT2D eigenvalue weighted by atomic mass is 10.3. The lowest BCUT2D eigenvalue weighted by Gasteiger charge is -2.12. The van der Waals surface area contributed by atoms with Gasteiger partial charge in [-0.05, 0) is 17.5 Å². The zero-order valence-electron chi connectivity index (χ0n) is 11.3. The molecule has 2 nitrogen and oxygen atoms in total. The largest absolute Gasteiger partial charge is 0.490 e. The second-order valence-electron chi connectivity index (χ2n) is 4.20. The number of benzene rings is 1. The van der Waals surface area contributed by atoms with Gasteiger partial charge in [-0.1, -0.05) is 52.5 Å². The number of hydrogen-bond acceptors (Lipinski definition) is 3. The van der Waals surface area contributed by atoms with E-state index in [-0.39, 0.29) is 11.1 Å². The Kier molecular flexibility index (Phi) is 7.19. The third-order valence-electron chi connectivity index (χ3n) is 2.63.